The maximum atomic E-state index is 5.79. The molecule has 1 aliphatic rings. The summed E-state index contributed by atoms with van der Waals surface area (Å²) in [7, 11) is 0. The van der Waals surface area contributed by atoms with Crippen LogP contribution in [0.25, 0.3) is 0 Å². The minimum Gasteiger partial charge on any atom is -0.335 e. The average molecular weight is 264 g/mol. The van der Waals surface area contributed by atoms with Gasteiger partial charge in [-0.15, -0.1) is 0 Å². The highest BCUT2D eigenvalue weighted by Crippen LogP contribution is 2.39. The second-order valence-electron chi connectivity index (χ2n) is 6.61. The molecule has 4 heteroatoms. The Morgan fingerprint density at radius 1 is 1.47 bits per heavy atom. The van der Waals surface area contributed by atoms with Crippen molar-refractivity contribution in [2.24, 2.45) is 17.2 Å². The first-order chi connectivity index (χ1) is 9.05. The van der Waals surface area contributed by atoms with E-state index in [2.05, 4.69) is 35.7 Å². The lowest BCUT2D eigenvalue weighted by Crippen LogP contribution is -2.44. The summed E-state index contributed by atoms with van der Waals surface area (Å²) in [6.45, 7) is 7.87. The summed E-state index contributed by atoms with van der Waals surface area (Å²) in [6.07, 6.45) is 10.0. The van der Waals surface area contributed by atoms with Gasteiger partial charge in [0.2, 0.25) is 0 Å². The van der Waals surface area contributed by atoms with Crippen molar-refractivity contribution >= 4 is 0 Å². The van der Waals surface area contributed by atoms with Crippen LogP contribution in [-0.4, -0.2) is 15.6 Å². The normalized spacial score (nSPS) is 21.5. The molecular weight excluding hydrogens is 236 g/mol. The van der Waals surface area contributed by atoms with Crippen molar-refractivity contribution < 1.29 is 0 Å². The summed E-state index contributed by atoms with van der Waals surface area (Å²) in [5.74, 6) is 7.62. The first-order valence-electron chi connectivity index (χ1n) is 7.52. The highest BCUT2D eigenvalue weighted by molar-refractivity contribution is 4.97. The van der Waals surface area contributed by atoms with Gasteiger partial charge in [-0.2, -0.15) is 0 Å². The van der Waals surface area contributed by atoms with Crippen LogP contribution in [0.5, 0.6) is 0 Å². The number of hydrazine groups is 1. The first-order valence-corrected chi connectivity index (χ1v) is 7.52. The SMILES string of the molecule is CCn1ccnc1CC(NN)C1CCC(C)(C)CC1. The van der Waals surface area contributed by atoms with Crippen LogP contribution in [0.4, 0.5) is 0 Å². The van der Waals surface area contributed by atoms with E-state index in [9.17, 15) is 0 Å². The summed E-state index contributed by atoms with van der Waals surface area (Å²) in [4.78, 5) is 4.47. The molecule has 0 spiro atoms. The lowest BCUT2D eigenvalue weighted by Gasteiger charge is -2.37. The number of nitrogens with two attached hydrogens (primary N) is 1. The van der Waals surface area contributed by atoms with Crippen molar-refractivity contribution in [1.29, 1.82) is 0 Å². The molecule has 0 amide bonds. The summed E-state index contributed by atoms with van der Waals surface area (Å²) >= 11 is 0. The minimum atomic E-state index is 0.351. The van der Waals surface area contributed by atoms with Crippen molar-refractivity contribution in [3.63, 3.8) is 0 Å². The molecule has 0 saturated heterocycles. The monoisotopic (exact) mass is 264 g/mol. The van der Waals surface area contributed by atoms with Crippen LogP contribution in [0.15, 0.2) is 12.4 Å². The fourth-order valence-electron chi connectivity index (χ4n) is 3.20. The summed E-state index contributed by atoms with van der Waals surface area (Å²) in [5, 5.41) is 0. The average Bonchev–Trinajstić information content (AvgIpc) is 2.83. The number of nitrogens with zero attached hydrogens (tertiary/aromatic N) is 2. The standard InChI is InChI=1S/C15H28N4/c1-4-19-10-9-17-14(19)11-13(18-16)12-5-7-15(2,3)8-6-12/h9-10,12-13,18H,4-8,11,16H2,1-3H3. The van der Waals surface area contributed by atoms with Gasteiger partial charge >= 0.3 is 0 Å². The molecule has 19 heavy (non-hydrogen) atoms. The highest BCUT2D eigenvalue weighted by atomic mass is 15.2. The number of hydrogen-bond acceptors (Lipinski definition) is 3. The number of rotatable bonds is 5. The second-order valence-corrected chi connectivity index (χ2v) is 6.61. The van der Waals surface area contributed by atoms with Crippen molar-refractivity contribution in [3.05, 3.63) is 18.2 Å². The zero-order valence-electron chi connectivity index (χ0n) is 12.5. The molecule has 1 heterocycles. The Bertz CT molecular complexity index is 387. The quantitative estimate of drug-likeness (QED) is 0.634. The van der Waals surface area contributed by atoms with E-state index >= 15 is 0 Å². The molecule has 0 bridgehead atoms. The molecule has 1 atom stereocenters. The van der Waals surface area contributed by atoms with Crippen LogP contribution in [0.3, 0.4) is 0 Å². The Morgan fingerprint density at radius 2 is 2.16 bits per heavy atom. The molecule has 1 aliphatic carbocycles. The van der Waals surface area contributed by atoms with Gasteiger partial charge in [-0.05, 0) is 43.9 Å². The van der Waals surface area contributed by atoms with E-state index in [-0.39, 0.29) is 0 Å². The van der Waals surface area contributed by atoms with Gasteiger partial charge in [0.05, 0.1) is 0 Å². The smallest absolute Gasteiger partial charge is 0.110 e. The third-order valence-corrected chi connectivity index (χ3v) is 4.71. The molecule has 1 saturated carbocycles. The summed E-state index contributed by atoms with van der Waals surface area (Å²) < 4.78 is 2.21. The van der Waals surface area contributed by atoms with Gasteiger partial charge < -0.3 is 4.57 Å². The van der Waals surface area contributed by atoms with Crippen LogP contribution in [0, 0.1) is 11.3 Å². The maximum Gasteiger partial charge on any atom is 0.110 e. The molecule has 1 aromatic rings. The van der Waals surface area contributed by atoms with Crippen molar-refractivity contribution in [3.8, 4) is 0 Å². The lowest BCUT2D eigenvalue weighted by molar-refractivity contribution is 0.160. The molecule has 1 aromatic heterocycles. The van der Waals surface area contributed by atoms with Gasteiger partial charge in [-0.1, -0.05) is 13.8 Å². The van der Waals surface area contributed by atoms with Gasteiger partial charge in [-0.25, -0.2) is 4.98 Å². The number of imidazole rings is 1. The Morgan fingerprint density at radius 3 is 2.74 bits per heavy atom. The van der Waals surface area contributed by atoms with Crippen molar-refractivity contribution in [2.45, 2.75) is 65.5 Å². The number of aryl methyl sites for hydroxylation is 1. The topological polar surface area (TPSA) is 55.9 Å². The lowest BCUT2D eigenvalue weighted by atomic mass is 9.71. The predicted molar refractivity (Wildman–Crippen MR) is 78.5 cm³/mol. The molecule has 0 aromatic carbocycles. The molecule has 1 unspecified atom stereocenters. The van der Waals surface area contributed by atoms with Crippen molar-refractivity contribution in [2.75, 3.05) is 0 Å². The van der Waals surface area contributed by atoms with E-state index < -0.39 is 0 Å². The van der Waals surface area contributed by atoms with E-state index in [4.69, 9.17) is 5.84 Å². The molecule has 108 valence electrons. The predicted octanol–water partition coefficient (Wildman–Crippen LogP) is 2.49. The van der Waals surface area contributed by atoms with Crippen LogP contribution in [0.1, 0.15) is 52.3 Å². The first kappa shape index (κ1) is 14.5. The molecule has 1 fully saturated rings. The highest BCUT2D eigenvalue weighted by Gasteiger charge is 2.31. The second kappa shape index (κ2) is 6.06. The van der Waals surface area contributed by atoms with Crippen molar-refractivity contribution in [1.82, 2.24) is 15.0 Å². The van der Waals surface area contributed by atoms with Gasteiger partial charge in [0.1, 0.15) is 5.82 Å². The Labute approximate surface area is 116 Å². The van der Waals surface area contributed by atoms with E-state index in [0.717, 1.165) is 18.8 Å². The van der Waals surface area contributed by atoms with Gasteiger partial charge in [0.25, 0.3) is 0 Å². The van der Waals surface area contributed by atoms with Crippen LogP contribution >= 0.6 is 0 Å². The van der Waals surface area contributed by atoms with Crippen LogP contribution < -0.4 is 11.3 Å². The maximum absolute atomic E-state index is 5.79. The Hall–Kier alpha value is -0.870. The summed E-state index contributed by atoms with van der Waals surface area (Å²) in [5.41, 5.74) is 3.55. The molecule has 4 nitrogen and oxygen atoms in total. The number of aromatic nitrogens is 2. The molecule has 3 N–H and O–H groups in total. The zero-order chi connectivity index (χ0) is 13.9. The minimum absolute atomic E-state index is 0.351. The fraction of sp³-hybridized carbons (Fsp3) is 0.800. The Kier molecular flexibility index (Phi) is 4.63. The van der Waals surface area contributed by atoms with E-state index in [1.54, 1.807) is 0 Å². The third-order valence-electron chi connectivity index (χ3n) is 4.71. The van der Waals surface area contributed by atoms with Gasteiger partial charge in [0.15, 0.2) is 0 Å². The number of nitrogens with one attached hydrogen (secondary N) is 1. The van der Waals surface area contributed by atoms with Gasteiger partial charge in [-0.3, -0.25) is 11.3 Å². The molecule has 2 rings (SSSR count). The largest absolute Gasteiger partial charge is 0.335 e. The van der Waals surface area contributed by atoms with Crippen LogP contribution in [0.2, 0.25) is 0 Å². The number of hydrogen-bond donors (Lipinski definition) is 2. The zero-order valence-corrected chi connectivity index (χ0v) is 12.5. The molecule has 0 radical (unpaired) electrons. The van der Waals surface area contributed by atoms with Crippen LogP contribution in [-0.2, 0) is 13.0 Å². The van der Waals surface area contributed by atoms with Gasteiger partial charge in [0, 0.05) is 31.4 Å². The molecule has 0 aliphatic heterocycles. The Balaban J connectivity index is 1.97. The summed E-state index contributed by atoms with van der Waals surface area (Å²) in [6, 6.07) is 0.351. The third kappa shape index (κ3) is 3.57. The fourth-order valence-corrected chi connectivity index (χ4v) is 3.20. The van der Waals surface area contributed by atoms with E-state index in [1.165, 1.54) is 25.7 Å². The molecular formula is C15H28N4. The van der Waals surface area contributed by atoms with E-state index in [1.807, 2.05) is 12.4 Å². The van der Waals surface area contributed by atoms with E-state index in [0.29, 0.717) is 17.4 Å².